The highest BCUT2D eigenvalue weighted by molar-refractivity contribution is 5.96. The van der Waals surface area contributed by atoms with Crippen molar-refractivity contribution >= 4 is 11.8 Å². The summed E-state index contributed by atoms with van der Waals surface area (Å²) in [6.07, 6.45) is 2.93. The molecular formula is C16H18N2O4. The molecule has 2 amide bonds. The molecule has 6 nitrogen and oxygen atoms in total. The van der Waals surface area contributed by atoms with Gasteiger partial charge in [-0.05, 0) is 26.0 Å². The van der Waals surface area contributed by atoms with Crippen molar-refractivity contribution in [1.29, 1.82) is 0 Å². The number of piperazine rings is 1. The molecule has 0 unspecified atom stereocenters. The summed E-state index contributed by atoms with van der Waals surface area (Å²) in [4.78, 5) is 28.2. The highest BCUT2D eigenvalue weighted by atomic mass is 16.3. The summed E-state index contributed by atoms with van der Waals surface area (Å²) in [6.45, 7) is 5.69. The van der Waals surface area contributed by atoms with Gasteiger partial charge in [-0.2, -0.15) is 0 Å². The molecule has 3 heterocycles. The first-order chi connectivity index (χ1) is 10.6. The van der Waals surface area contributed by atoms with Gasteiger partial charge < -0.3 is 18.6 Å². The van der Waals surface area contributed by atoms with Crippen LogP contribution in [0.4, 0.5) is 0 Å². The fraction of sp³-hybridized carbons (Fsp3) is 0.375. The Hall–Kier alpha value is -2.50. The van der Waals surface area contributed by atoms with Crippen molar-refractivity contribution in [2.75, 3.05) is 26.2 Å². The molecule has 0 aromatic carbocycles. The van der Waals surface area contributed by atoms with Gasteiger partial charge in [-0.15, -0.1) is 0 Å². The Morgan fingerprint density at radius 2 is 1.68 bits per heavy atom. The number of aryl methyl sites for hydroxylation is 2. The first-order valence-corrected chi connectivity index (χ1v) is 7.24. The van der Waals surface area contributed by atoms with Gasteiger partial charge in [0, 0.05) is 26.2 Å². The Labute approximate surface area is 128 Å². The van der Waals surface area contributed by atoms with Crippen LogP contribution in [0, 0.1) is 13.8 Å². The Bertz CT molecular complexity index is 679. The smallest absolute Gasteiger partial charge is 0.257 e. The van der Waals surface area contributed by atoms with Crippen LogP contribution < -0.4 is 0 Å². The van der Waals surface area contributed by atoms with Crippen molar-refractivity contribution in [2.45, 2.75) is 13.8 Å². The standard InChI is InChI=1S/C16H18N2O4/c1-11-9-14(12(2)22-11)16(20)18-6-4-17(5-7-18)15(19)13-3-8-21-10-13/h3,8-10H,4-7H2,1-2H3. The molecule has 3 rings (SSSR count). The van der Waals surface area contributed by atoms with Gasteiger partial charge in [-0.3, -0.25) is 9.59 Å². The first kappa shape index (κ1) is 14.4. The van der Waals surface area contributed by atoms with Gasteiger partial charge in [-0.1, -0.05) is 0 Å². The van der Waals surface area contributed by atoms with E-state index in [0.717, 1.165) is 5.76 Å². The summed E-state index contributed by atoms with van der Waals surface area (Å²) in [5, 5.41) is 0. The second kappa shape index (κ2) is 5.71. The minimum Gasteiger partial charge on any atom is -0.472 e. The van der Waals surface area contributed by atoms with Crippen molar-refractivity contribution in [1.82, 2.24) is 9.80 Å². The molecule has 6 heteroatoms. The van der Waals surface area contributed by atoms with Crippen LogP contribution >= 0.6 is 0 Å². The SMILES string of the molecule is Cc1cc(C(=O)N2CCN(C(=O)c3ccoc3)CC2)c(C)o1. The number of rotatable bonds is 2. The van der Waals surface area contributed by atoms with Crippen LogP contribution in [0.5, 0.6) is 0 Å². The van der Waals surface area contributed by atoms with Crippen LogP contribution in [0.3, 0.4) is 0 Å². The summed E-state index contributed by atoms with van der Waals surface area (Å²) >= 11 is 0. The van der Waals surface area contributed by atoms with Crippen molar-refractivity contribution in [3.63, 3.8) is 0 Å². The van der Waals surface area contributed by atoms with E-state index < -0.39 is 0 Å². The monoisotopic (exact) mass is 302 g/mol. The third-order valence-corrected chi connectivity index (χ3v) is 3.89. The van der Waals surface area contributed by atoms with E-state index in [2.05, 4.69) is 0 Å². The van der Waals surface area contributed by atoms with Crippen molar-refractivity contribution in [2.24, 2.45) is 0 Å². The molecule has 2 aromatic heterocycles. The quantitative estimate of drug-likeness (QED) is 0.852. The van der Waals surface area contributed by atoms with Crippen LogP contribution in [0.15, 0.2) is 33.5 Å². The van der Waals surface area contributed by atoms with E-state index >= 15 is 0 Å². The lowest BCUT2D eigenvalue weighted by Gasteiger charge is -2.34. The number of amides is 2. The van der Waals surface area contributed by atoms with Crippen LogP contribution in [0.25, 0.3) is 0 Å². The molecule has 1 fully saturated rings. The maximum Gasteiger partial charge on any atom is 0.257 e. The van der Waals surface area contributed by atoms with E-state index in [1.807, 2.05) is 6.92 Å². The van der Waals surface area contributed by atoms with Crippen LogP contribution in [-0.4, -0.2) is 47.8 Å². The molecule has 1 aliphatic heterocycles. The molecule has 116 valence electrons. The van der Waals surface area contributed by atoms with Gasteiger partial charge >= 0.3 is 0 Å². The van der Waals surface area contributed by atoms with E-state index in [4.69, 9.17) is 8.83 Å². The zero-order valence-electron chi connectivity index (χ0n) is 12.7. The molecule has 0 bridgehead atoms. The highest BCUT2D eigenvalue weighted by Gasteiger charge is 2.27. The third-order valence-electron chi connectivity index (χ3n) is 3.89. The summed E-state index contributed by atoms with van der Waals surface area (Å²) in [5.74, 6) is 1.27. The molecule has 0 radical (unpaired) electrons. The molecule has 22 heavy (non-hydrogen) atoms. The van der Waals surface area contributed by atoms with E-state index in [0.29, 0.717) is 43.1 Å². The number of furan rings is 2. The molecular weight excluding hydrogens is 284 g/mol. The number of hydrogen-bond acceptors (Lipinski definition) is 4. The third kappa shape index (κ3) is 2.64. The first-order valence-electron chi connectivity index (χ1n) is 7.24. The lowest BCUT2D eigenvalue weighted by molar-refractivity contribution is 0.0534. The Balaban J connectivity index is 1.63. The second-order valence-corrected chi connectivity index (χ2v) is 5.42. The molecule has 1 aliphatic rings. The van der Waals surface area contributed by atoms with Gasteiger partial charge in [-0.25, -0.2) is 0 Å². The fourth-order valence-corrected chi connectivity index (χ4v) is 2.69. The zero-order chi connectivity index (χ0) is 15.7. The number of carbonyl (C=O) groups is 2. The lowest BCUT2D eigenvalue weighted by atomic mass is 10.2. The molecule has 2 aromatic rings. The van der Waals surface area contributed by atoms with E-state index in [1.165, 1.54) is 12.5 Å². The Morgan fingerprint density at radius 1 is 1.05 bits per heavy atom. The van der Waals surface area contributed by atoms with Crippen molar-refractivity contribution < 1.29 is 18.4 Å². The fourth-order valence-electron chi connectivity index (χ4n) is 2.69. The topological polar surface area (TPSA) is 66.9 Å². The molecule has 0 N–H and O–H groups in total. The van der Waals surface area contributed by atoms with Gasteiger partial charge in [0.2, 0.25) is 0 Å². The molecule has 0 aliphatic carbocycles. The van der Waals surface area contributed by atoms with Crippen LogP contribution in [0.1, 0.15) is 32.2 Å². The number of carbonyl (C=O) groups excluding carboxylic acids is 2. The molecule has 0 saturated carbocycles. The summed E-state index contributed by atoms with van der Waals surface area (Å²) < 4.78 is 10.3. The van der Waals surface area contributed by atoms with Gasteiger partial charge in [0.15, 0.2) is 0 Å². The summed E-state index contributed by atoms with van der Waals surface area (Å²) in [6, 6.07) is 3.41. The minimum atomic E-state index is -0.0591. The maximum atomic E-state index is 12.5. The van der Waals surface area contributed by atoms with Crippen LogP contribution in [-0.2, 0) is 0 Å². The average Bonchev–Trinajstić information content (AvgIpc) is 3.15. The minimum absolute atomic E-state index is 0.0373. The van der Waals surface area contributed by atoms with E-state index in [9.17, 15) is 9.59 Å². The number of nitrogens with zero attached hydrogens (tertiary/aromatic N) is 2. The van der Waals surface area contributed by atoms with E-state index in [1.54, 1.807) is 28.9 Å². The normalized spacial score (nSPS) is 15.2. The van der Waals surface area contributed by atoms with Crippen molar-refractivity contribution in [3.05, 3.63) is 47.3 Å². The largest absolute Gasteiger partial charge is 0.472 e. The number of hydrogen-bond donors (Lipinski definition) is 0. The summed E-state index contributed by atoms with van der Waals surface area (Å²) in [7, 11) is 0. The average molecular weight is 302 g/mol. The van der Waals surface area contributed by atoms with E-state index in [-0.39, 0.29) is 11.8 Å². The maximum absolute atomic E-state index is 12.5. The predicted molar refractivity (Wildman–Crippen MR) is 78.7 cm³/mol. The lowest BCUT2D eigenvalue weighted by Crippen LogP contribution is -2.50. The Kier molecular flexibility index (Phi) is 3.75. The summed E-state index contributed by atoms with van der Waals surface area (Å²) in [5.41, 5.74) is 1.15. The van der Waals surface area contributed by atoms with Gasteiger partial charge in [0.25, 0.3) is 11.8 Å². The molecule has 0 atom stereocenters. The molecule has 1 saturated heterocycles. The highest BCUT2D eigenvalue weighted by Crippen LogP contribution is 2.17. The molecule has 0 spiro atoms. The van der Waals surface area contributed by atoms with Gasteiger partial charge in [0.05, 0.1) is 17.4 Å². The zero-order valence-corrected chi connectivity index (χ0v) is 12.7. The predicted octanol–water partition coefficient (Wildman–Crippen LogP) is 2.09. The van der Waals surface area contributed by atoms with Crippen LogP contribution in [0.2, 0.25) is 0 Å². The van der Waals surface area contributed by atoms with Gasteiger partial charge in [0.1, 0.15) is 17.8 Å². The van der Waals surface area contributed by atoms with Crippen molar-refractivity contribution in [3.8, 4) is 0 Å². The Morgan fingerprint density at radius 3 is 2.18 bits per heavy atom. The second-order valence-electron chi connectivity index (χ2n) is 5.42.